The first kappa shape index (κ1) is 18.9. The third-order valence-corrected chi connectivity index (χ3v) is 9.03. The SMILES string of the molecule is CCCC[Si](CCCC)(CCc1ccc(C(=O)O)cc1)OC. The van der Waals surface area contributed by atoms with Crippen LogP contribution in [0.5, 0.6) is 0 Å². The highest BCUT2D eigenvalue weighted by Crippen LogP contribution is 2.28. The van der Waals surface area contributed by atoms with Gasteiger partial charge >= 0.3 is 5.97 Å². The average Bonchev–Trinajstić information content (AvgIpc) is 2.55. The van der Waals surface area contributed by atoms with Gasteiger partial charge in [-0.2, -0.15) is 0 Å². The van der Waals surface area contributed by atoms with Crippen molar-refractivity contribution in [2.45, 2.75) is 64.1 Å². The third-order valence-electron chi connectivity index (χ3n) is 4.48. The second kappa shape index (κ2) is 9.80. The molecule has 0 heterocycles. The van der Waals surface area contributed by atoms with Gasteiger partial charge in [-0.3, -0.25) is 0 Å². The maximum absolute atomic E-state index is 10.9. The van der Waals surface area contributed by atoms with E-state index in [1.165, 1.54) is 43.3 Å². The Balaban J connectivity index is 2.69. The first-order valence-corrected chi connectivity index (χ1v) is 11.0. The van der Waals surface area contributed by atoms with Gasteiger partial charge < -0.3 is 9.53 Å². The van der Waals surface area contributed by atoms with Crippen molar-refractivity contribution in [1.29, 1.82) is 0 Å². The lowest BCUT2D eigenvalue weighted by atomic mass is 10.1. The van der Waals surface area contributed by atoms with Gasteiger partial charge in [-0.05, 0) is 42.2 Å². The summed E-state index contributed by atoms with van der Waals surface area (Å²) < 4.78 is 6.07. The first-order valence-electron chi connectivity index (χ1n) is 8.44. The molecule has 1 N–H and O–H groups in total. The van der Waals surface area contributed by atoms with E-state index in [2.05, 4.69) is 13.8 Å². The summed E-state index contributed by atoms with van der Waals surface area (Å²) >= 11 is 0. The molecule has 0 atom stereocenters. The Morgan fingerprint density at radius 1 is 1.05 bits per heavy atom. The maximum Gasteiger partial charge on any atom is 0.335 e. The molecule has 0 saturated carbocycles. The molecule has 0 aliphatic heterocycles. The number of hydrogen-bond acceptors (Lipinski definition) is 2. The molecular formula is C18H30O3Si. The summed E-state index contributed by atoms with van der Waals surface area (Å²) in [7, 11) is 0.248. The molecule has 0 unspecified atom stereocenters. The Kier molecular flexibility index (Phi) is 8.42. The molecule has 4 heteroatoms. The minimum atomic E-state index is -1.65. The number of carbonyl (C=O) groups is 1. The van der Waals surface area contributed by atoms with Crippen LogP contribution in [0.2, 0.25) is 18.1 Å². The van der Waals surface area contributed by atoms with Crippen molar-refractivity contribution < 1.29 is 14.3 Å². The zero-order valence-electron chi connectivity index (χ0n) is 14.2. The normalized spacial score (nSPS) is 11.6. The largest absolute Gasteiger partial charge is 0.478 e. The number of hydrogen-bond donors (Lipinski definition) is 1. The van der Waals surface area contributed by atoms with E-state index in [0.29, 0.717) is 5.56 Å². The number of rotatable bonds is 11. The van der Waals surface area contributed by atoms with Crippen LogP contribution >= 0.6 is 0 Å². The van der Waals surface area contributed by atoms with E-state index in [9.17, 15) is 4.79 Å². The summed E-state index contributed by atoms with van der Waals surface area (Å²) in [6.07, 6.45) is 5.94. The summed E-state index contributed by atoms with van der Waals surface area (Å²) in [5, 5.41) is 8.95. The van der Waals surface area contributed by atoms with Gasteiger partial charge in [0.1, 0.15) is 0 Å². The van der Waals surface area contributed by atoms with Crippen molar-refractivity contribution in [2.75, 3.05) is 7.11 Å². The van der Waals surface area contributed by atoms with Crippen LogP contribution in [0.1, 0.15) is 55.5 Å². The van der Waals surface area contributed by atoms with E-state index in [1.807, 2.05) is 19.2 Å². The summed E-state index contributed by atoms with van der Waals surface area (Å²) in [6, 6.07) is 10.9. The van der Waals surface area contributed by atoms with Crippen molar-refractivity contribution in [3.63, 3.8) is 0 Å². The van der Waals surface area contributed by atoms with E-state index < -0.39 is 14.3 Å². The fraction of sp³-hybridized carbons (Fsp3) is 0.611. The molecule has 1 rings (SSSR count). The van der Waals surface area contributed by atoms with Gasteiger partial charge in [-0.15, -0.1) is 0 Å². The second-order valence-electron chi connectivity index (χ2n) is 6.10. The molecule has 0 bridgehead atoms. The second-order valence-corrected chi connectivity index (χ2v) is 10.4. The lowest BCUT2D eigenvalue weighted by Gasteiger charge is -2.30. The average molecular weight is 323 g/mol. The standard InChI is InChI=1S/C18H30O3Si/c1-4-6-13-22(21-3,14-7-5-2)15-12-16-8-10-17(11-9-16)18(19)20/h8-11H,4-7,12-15H2,1-3H3,(H,19,20). The molecule has 124 valence electrons. The fourth-order valence-electron chi connectivity index (χ4n) is 2.87. The third kappa shape index (κ3) is 5.93. The summed E-state index contributed by atoms with van der Waals surface area (Å²) in [6.45, 7) is 4.47. The summed E-state index contributed by atoms with van der Waals surface area (Å²) in [4.78, 5) is 10.9. The molecule has 0 aromatic heterocycles. The monoisotopic (exact) mass is 322 g/mol. The van der Waals surface area contributed by atoms with E-state index in [-0.39, 0.29) is 0 Å². The van der Waals surface area contributed by atoms with E-state index >= 15 is 0 Å². The number of aryl methyl sites for hydroxylation is 1. The Morgan fingerprint density at radius 3 is 2.00 bits per heavy atom. The van der Waals surface area contributed by atoms with Crippen LogP contribution in [0, 0.1) is 0 Å². The topological polar surface area (TPSA) is 46.5 Å². The Labute approximate surface area is 135 Å². The van der Waals surface area contributed by atoms with Gasteiger partial charge in [0.2, 0.25) is 0 Å². The minimum absolute atomic E-state index is 0.357. The Hall–Kier alpha value is -1.13. The quantitative estimate of drug-likeness (QED) is 0.575. The highest BCUT2D eigenvalue weighted by atomic mass is 28.4. The molecule has 0 fully saturated rings. The molecule has 0 spiro atoms. The van der Waals surface area contributed by atoms with Crippen molar-refractivity contribution >= 4 is 14.3 Å². The maximum atomic E-state index is 10.9. The highest BCUT2D eigenvalue weighted by molar-refractivity contribution is 6.73. The lowest BCUT2D eigenvalue weighted by Crippen LogP contribution is -2.37. The van der Waals surface area contributed by atoms with Gasteiger partial charge in [0.05, 0.1) is 5.56 Å². The van der Waals surface area contributed by atoms with Crippen LogP contribution < -0.4 is 0 Å². The molecule has 0 aliphatic rings. The van der Waals surface area contributed by atoms with Gasteiger partial charge in [0.25, 0.3) is 0 Å². The van der Waals surface area contributed by atoms with E-state index in [4.69, 9.17) is 9.53 Å². The first-order chi connectivity index (χ1) is 10.6. The predicted octanol–water partition coefficient (Wildman–Crippen LogP) is 5.12. The minimum Gasteiger partial charge on any atom is -0.478 e. The molecule has 0 saturated heterocycles. The molecule has 0 radical (unpaired) electrons. The van der Waals surface area contributed by atoms with Crippen molar-refractivity contribution in [2.24, 2.45) is 0 Å². The van der Waals surface area contributed by atoms with Gasteiger partial charge in [-0.25, -0.2) is 4.79 Å². The highest BCUT2D eigenvalue weighted by Gasteiger charge is 2.32. The number of aromatic carboxylic acids is 1. The summed E-state index contributed by atoms with van der Waals surface area (Å²) in [5.74, 6) is -0.863. The van der Waals surface area contributed by atoms with Crippen LogP contribution in [0.15, 0.2) is 24.3 Å². The zero-order chi connectivity index (χ0) is 16.4. The molecule has 22 heavy (non-hydrogen) atoms. The molecule has 0 aliphatic carbocycles. The van der Waals surface area contributed by atoms with E-state index in [1.54, 1.807) is 12.1 Å². The zero-order valence-corrected chi connectivity index (χ0v) is 15.2. The van der Waals surface area contributed by atoms with Crippen molar-refractivity contribution in [3.05, 3.63) is 35.4 Å². The lowest BCUT2D eigenvalue weighted by molar-refractivity contribution is 0.0697. The van der Waals surface area contributed by atoms with Gasteiger partial charge in [0.15, 0.2) is 8.32 Å². The number of unbranched alkanes of at least 4 members (excludes halogenated alkanes) is 2. The van der Waals surface area contributed by atoms with Crippen LogP contribution in [0.25, 0.3) is 0 Å². The predicted molar refractivity (Wildman–Crippen MR) is 94.1 cm³/mol. The fourth-order valence-corrected chi connectivity index (χ4v) is 6.97. The van der Waals surface area contributed by atoms with Crippen LogP contribution in [0.4, 0.5) is 0 Å². The number of carboxylic acid groups (broad SMARTS) is 1. The molecule has 1 aromatic carbocycles. The van der Waals surface area contributed by atoms with Crippen LogP contribution in [-0.4, -0.2) is 26.5 Å². The number of carboxylic acids is 1. The van der Waals surface area contributed by atoms with E-state index in [0.717, 1.165) is 12.5 Å². The smallest absolute Gasteiger partial charge is 0.335 e. The number of benzene rings is 1. The van der Waals surface area contributed by atoms with Crippen molar-refractivity contribution in [3.8, 4) is 0 Å². The molecule has 0 amide bonds. The van der Waals surface area contributed by atoms with Crippen LogP contribution in [-0.2, 0) is 10.8 Å². The summed E-state index contributed by atoms with van der Waals surface area (Å²) in [5.41, 5.74) is 1.57. The molecule has 1 aromatic rings. The molecular weight excluding hydrogens is 292 g/mol. The van der Waals surface area contributed by atoms with Gasteiger partial charge in [-0.1, -0.05) is 51.7 Å². The van der Waals surface area contributed by atoms with Gasteiger partial charge in [0, 0.05) is 7.11 Å². The van der Waals surface area contributed by atoms with Crippen molar-refractivity contribution in [1.82, 2.24) is 0 Å². The Morgan fingerprint density at radius 2 is 1.59 bits per heavy atom. The van der Waals surface area contributed by atoms with Crippen LogP contribution in [0.3, 0.4) is 0 Å². The Bertz CT molecular complexity index is 434. The molecule has 3 nitrogen and oxygen atoms in total.